The average molecular weight is 362 g/mol. The lowest BCUT2D eigenvalue weighted by Crippen LogP contribution is -2.14. The number of para-hydroxylation sites is 1. The second kappa shape index (κ2) is 9.73. The Morgan fingerprint density at radius 1 is 1.22 bits per heavy atom. The number of hydrogen-bond acceptors (Lipinski definition) is 3. The maximum atomic E-state index is 13.7. The van der Waals surface area contributed by atoms with Gasteiger partial charge in [-0.05, 0) is 47.9 Å². The lowest BCUT2D eigenvalue weighted by atomic mass is 10.0. The minimum atomic E-state index is -0.681. The summed E-state index contributed by atoms with van der Waals surface area (Å²) < 4.78 is 19.3. The number of benzene rings is 2. The van der Waals surface area contributed by atoms with Crippen molar-refractivity contribution in [2.24, 2.45) is 0 Å². The summed E-state index contributed by atoms with van der Waals surface area (Å²) >= 11 is 0. The van der Waals surface area contributed by atoms with Crippen LogP contribution in [-0.2, 0) is 11.2 Å². The number of nitrogens with one attached hydrogen (secondary N) is 1. The van der Waals surface area contributed by atoms with E-state index in [9.17, 15) is 14.4 Å². The molecule has 0 aliphatic carbocycles. The number of ether oxygens (including phenoxy) is 1. The molecule has 0 aromatic heterocycles. The van der Waals surface area contributed by atoms with Crippen molar-refractivity contribution in [3.05, 3.63) is 90.3 Å². The van der Waals surface area contributed by atoms with E-state index in [1.54, 1.807) is 30.4 Å². The van der Waals surface area contributed by atoms with Crippen LogP contribution >= 0.6 is 0 Å². The molecular formula is C22H19FN2O2. The van der Waals surface area contributed by atoms with E-state index in [1.807, 2.05) is 12.1 Å². The van der Waals surface area contributed by atoms with Crippen molar-refractivity contribution in [3.8, 4) is 11.8 Å². The second-order valence-corrected chi connectivity index (χ2v) is 5.56. The highest BCUT2D eigenvalue weighted by molar-refractivity contribution is 6.09. The summed E-state index contributed by atoms with van der Waals surface area (Å²) in [6, 6.07) is 12.9. The third-order valence-corrected chi connectivity index (χ3v) is 3.60. The quantitative estimate of drug-likeness (QED) is 0.422. The van der Waals surface area contributed by atoms with Crippen LogP contribution in [0.2, 0.25) is 0 Å². The number of carbonyl (C=O) groups is 1. The molecule has 2 aromatic rings. The van der Waals surface area contributed by atoms with Crippen molar-refractivity contribution >= 4 is 17.7 Å². The zero-order chi connectivity index (χ0) is 19.6. The highest BCUT2D eigenvalue weighted by Gasteiger charge is 2.12. The van der Waals surface area contributed by atoms with Crippen LogP contribution in [0, 0.1) is 17.1 Å². The van der Waals surface area contributed by atoms with E-state index in [0.717, 1.165) is 5.56 Å². The Morgan fingerprint density at radius 2 is 2.00 bits per heavy atom. The van der Waals surface area contributed by atoms with Gasteiger partial charge in [-0.25, -0.2) is 4.39 Å². The van der Waals surface area contributed by atoms with Gasteiger partial charge in [0, 0.05) is 0 Å². The standard InChI is InChI=1S/C22H19FN2O2/c1-3-7-17-13-16(10-11-21(17)27-12-4-2)14-18(15-24)22(26)25-20-9-6-5-8-19(20)23/h3-6,8-11,13-14H,1-2,7,12H2,(H,25,26)/b18-14-. The molecule has 136 valence electrons. The Kier molecular flexibility index (Phi) is 7.09. The first kappa shape index (κ1) is 19.7. The molecule has 0 aliphatic heterocycles. The van der Waals surface area contributed by atoms with Gasteiger partial charge in [-0.2, -0.15) is 5.26 Å². The van der Waals surface area contributed by atoms with E-state index in [2.05, 4.69) is 18.5 Å². The molecule has 0 fully saturated rings. The molecule has 2 aromatic carbocycles. The summed E-state index contributed by atoms with van der Waals surface area (Å²) in [5.41, 5.74) is 1.40. The summed E-state index contributed by atoms with van der Waals surface area (Å²) in [4.78, 5) is 12.3. The van der Waals surface area contributed by atoms with Gasteiger partial charge in [0.05, 0.1) is 5.69 Å². The van der Waals surface area contributed by atoms with Gasteiger partial charge >= 0.3 is 0 Å². The molecular weight excluding hydrogens is 343 g/mol. The van der Waals surface area contributed by atoms with E-state index < -0.39 is 11.7 Å². The minimum Gasteiger partial charge on any atom is -0.489 e. The van der Waals surface area contributed by atoms with Crippen LogP contribution in [0.25, 0.3) is 6.08 Å². The fourth-order valence-corrected chi connectivity index (χ4v) is 2.36. The summed E-state index contributed by atoms with van der Waals surface area (Å²) in [7, 11) is 0. The van der Waals surface area contributed by atoms with E-state index in [1.165, 1.54) is 24.3 Å². The van der Waals surface area contributed by atoms with Crippen molar-refractivity contribution in [3.63, 3.8) is 0 Å². The van der Waals surface area contributed by atoms with Crippen molar-refractivity contribution in [1.29, 1.82) is 5.26 Å². The average Bonchev–Trinajstić information content (AvgIpc) is 2.67. The first-order chi connectivity index (χ1) is 13.1. The number of nitriles is 1. The highest BCUT2D eigenvalue weighted by Crippen LogP contribution is 2.23. The normalized spacial score (nSPS) is 10.6. The number of anilines is 1. The second-order valence-electron chi connectivity index (χ2n) is 5.56. The third kappa shape index (κ3) is 5.41. The molecule has 0 heterocycles. The lowest BCUT2D eigenvalue weighted by Gasteiger charge is -2.10. The molecule has 0 aliphatic rings. The Labute approximate surface area is 157 Å². The van der Waals surface area contributed by atoms with Crippen molar-refractivity contribution in [1.82, 2.24) is 0 Å². The zero-order valence-corrected chi connectivity index (χ0v) is 14.7. The SMILES string of the molecule is C=CCOc1ccc(/C=C(/C#N)C(=O)Nc2ccccc2F)cc1CC=C. The smallest absolute Gasteiger partial charge is 0.266 e. The van der Waals surface area contributed by atoms with Gasteiger partial charge in [0.25, 0.3) is 5.91 Å². The first-order valence-electron chi connectivity index (χ1n) is 8.24. The van der Waals surface area contributed by atoms with E-state index in [0.29, 0.717) is 24.3 Å². The van der Waals surface area contributed by atoms with Gasteiger partial charge < -0.3 is 10.1 Å². The molecule has 0 bridgehead atoms. The van der Waals surface area contributed by atoms with E-state index in [4.69, 9.17) is 4.74 Å². The Balaban J connectivity index is 2.28. The number of amides is 1. The lowest BCUT2D eigenvalue weighted by molar-refractivity contribution is -0.112. The van der Waals surface area contributed by atoms with Crippen LogP contribution in [-0.4, -0.2) is 12.5 Å². The molecule has 27 heavy (non-hydrogen) atoms. The molecule has 1 amide bonds. The van der Waals surface area contributed by atoms with Crippen LogP contribution in [0.4, 0.5) is 10.1 Å². The number of halogens is 1. The minimum absolute atomic E-state index is 0.0177. The van der Waals surface area contributed by atoms with E-state index in [-0.39, 0.29) is 11.3 Å². The van der Waals surface area contributed by atoms with Crippen LogP contribution in [0.15, 0.2) is 73.3 Å². The molecule has 4 nitrogen and oxygen atoms in total. The van der Waals surface area contributed by atoms with Crippen LogP contribution in [0.3, 0.4) is 0 Å². The summed E-state index contributed by atoms with van der Waals surface area (Å²) in [5.74, 6) is -0.568. The summed E-state index contributed by atoms with van der Waals surface area (Å²) in [6.07, 6.45) is 5.39. The Morgan fingerprint density at radius 3 is 2.67 bits per heavy atom. The van der Waals surface area contributed by atoms with Crippen molar-refractivity contribution in [2.45, 2.75) is 6.42 Å². The maximum Gasteiger partial charge on any atom is 0.266 e. The largest absolute Gasteiger partial charge is 0.489 e. The molecule has 1 N–H and O–H groups in total. The third-order valence-electron chi connectivity index (χ3n) is 3.60. The number of nitrogens with zero attached hydrogens (tertiary/aromatic N) is 1. The van der Waals surface area contributed by atoms with Crippen LogP contribution in [0.1, 0.15) is 11.1 Å². The topological polar surface area (TPSA) is 62.1 Å². The Bertz CT molecular complexity index is 926. The number of hydrogen-bond donors (Lipinski definition) is 1. The molecule has 0 unspecified atom stereocenters. The van der Waals surface area contributed by atoms with Crippen molar-refractivity contribution in [2.75, 3.05) is 11.9 Å². The number of allylic oxidation sites excluding steroid dienone is 1. The monoisotopic (exact) mass is 362 g/mol. The van der Waals surface area contributed by atoms with Crippen molar-refractivity contribution < 1.29 is 13.9 Å². The van der Waals surface area contributed by atoms with Gasteiger partial charge in [-0.3, -0.25) is 4.79 Å². The molecule has 0 atom stereocenters. The predicted molar refractivity (Wildman–Crippen MR) is 105 cm³/mol. The van der Waals surface area contributed by atoms with Gasteiger partial charge in [0.1, 0.15) is 29.8 Å². The molecule has 0 saturated carbocycles. The van der Waals surface area contributed by atoms with Gasteiger partial charge in [0.15, 0.2) is 0 Å². The molecule has 0 saturated heterocycles. The highest BCUT2D eigenvalue weighted by atomic mass is 19.1. The zero-order valence-electron chi connectivity index (χ0n) is 14.7. The first-order valence-corrected chi connectivity index (χ1v) is 8.24. The molecule has 0 spiro atoms. The Hall–Kier alpha value is -3.65. The van der Waals surface area contributed by atoms with Gasteiger partial charge in [0.2, 0.25) is 0 Å². The van der Waals surface area contributed by atoms with E-state index >= 15 is 0 Å². The van der Waals surface area contributed by atoms with Gasteiger partial charge in [-0.1, -0.05) is 36.9 Å². The molecule has 0 radical (unpaired) electrons. The number of rotatable bonds is 8. The fraction of sp³-hybridized carbons (Fsp3) is 0.0909. The van der Waals surface area contributed by atoms with Gasteiger partial charge in [-0.15, -0.1) is 6.58 Å². The van der Waals surface area contributed by atoms with Crippen LogP contribution in [0.5, 0.6) is 5.75 Å². The summed E-state index contributed by atoms with van der Waals surface area (Å²) in [6.45, 7) is 7.71. The fourth-order valence-electron chi connectivity index (χ4n) is 2.36. The van der Waals surface area contributed by atoms with Crippen LogP contribution < -0.4 is 10.1 Å². The summed E-state index contributed by atoms with van der Waals surface area (Å²) in [5, 5.41) is 11.7. The molecule has 5 heteroatoms. The molecule has 2 rings (SSSR count). The number of carbonyl (C=O) groups excluding carboxylic acids is 1. The maximum absolute atomic E-state index is 13.7. The predicted octanol–water partition coefficient (Wildman–Crippen LogP) is 4.66.